The van der Waals surface area contributed by atoms with Crippen molar-refractivity contribution in [3.8, 4) is 5.75 Å². The van der Waals surface area contributed by atoms with Crippen LogP contribution in [0.25, 0.3) is 0 Å². The summed E-state index contributed by atoms with van der Waals surface area (Å²) in [7, 11) is 0. The molecule has 108 valence electrons. The van der Waals surface area contributed by atoms with Crippen LogP contribution in [0.2, 0.25) is 0 Å². The van der Waals surface area contributed by atoms with Crippen molar-refractivity contribution in [1.82, 2.24) is 0 Å². The predicted octanol–water partition coefficient (Wildman–Crippen LogP) is 1.68. The Morgan fingerprint density at radius 3 is 2.80 bits per heavy atom. The zero-order chi connectivity index (χ0) is 14.8. The molecule has 20 heavy (non-hydrogen) atoms. The first-order chi connectivity index (χ1) is 9.61. The molecule has 0 aliphatic heterocycles. The van der Waals surface area contributed by atoms with Crippen molar-refractivity contribution in [1.29, 1.82) is 0 Å². The van der Waals surface area contributed by atoms with E-state index in [1.165, 1.54) is 0 Å². The van der Waals surface area contributed by atoms with E-state index in [9.17, 15) is 9.59 Å². The van der Waals surface area contributed by atoms with Gasteiger partial charge in [0.1, 0.15) is 12.4 Å². The molecule has 1 aromatic rings. The summed E-state index contributed by atoms with van der Waals surface area (Å²) in [5, 5.41) is 11.0. The maximum absolute atomic E-state index is 11.4. The van der Waals surface area contributed by atoms with Crippen molar-refractivity contribution in [3.63, 3.8) is 0 Å². The number of carboxylic acid groups (broad SMARTS) is 1. The Morgan fingerprint density at radius 2 is 2.10 bits per heavy atom. The van der Waals surface area contributed by atoms with E-state index in [1.54, 1.807) is 24.3 Å². The lowest BCUT2D eigenvalue weighted by molar-refractivity contribution is -0.131. The predicted molar refractivity (Wildman–Crippen MR) is 73.8 cm³/mol. The zero-order valence-electron chi connectivity index (χ0n) is 11.2. The number of nitrogens with one attached hydrogen (secondary N) is 1. The van der Waals surface area contributed by atoms with Gasteiger partial charge in [-0.05, 0) is 19.1 Å². The van der Waals surface area contributed by atoms with Crippen LogP contribution in [0, 0.1) is 0 Å². The summed E-state index contributed by atoms with van der Waals surface area (Å²) in [6, 6.07) is 6.82. The van der Waals surface area contributed by atoms with Crippen LogP contribution in [0.15, 0.2) is 36.4 Å². The number of carbonyl (C=O) groups excluding carboxylic acids is 1. The summed E-state index contributed by atoms with van der Waals surface area (Å²) in [6.45, 7) is 3.45. The minimum absolute atomic E-state index is 0.421. The molecule has 0 atom stereocenters. The molecule has 1 rings (SSSR count). The summed E-state index contributed by atoms with van der Waals surface area (Å²) in [6.07, 6.45) is 1.72. The highest BCUT2D eigenvalue weighted by atomic mass is 16.5. The standard InChI is InChI=1S/C14H17NO5/c1-2-19-8-9-20-12-5-3-4-11(10-12)15-13(16)6-7-14(17)18/h3-7,10H,2,8-9H2,1H3,(H,15,16)(H,17,18)/b7-6+. The van der Waals surface area contributed by atoms with Gasteiger partial charge in [-0.3, -0.25) is 4.79 Å². The fraction of sp³-hybridized carbons (Fsp3) is 0.286. The van der Waals surface area contributed by atoms with Crippen molar-refractivity contribution in [2.75, 3.05) is 25.1 Å². The highest BCUT2D eigenvalue weighted by molar-refractivity contribution is 6.02. The fourth-order valence-corrected chi connectivity index (χ4v) is 1.36. The smallest absolute Gasteiger partial charge is 0.328 e. The minimum Gasteiger partial charge on any atom is -0.491 e. The normalized spacial score (nSPS) is 10.4. The summed E-state index contributed by atoms with van der Waals surface area (Å²) in [4.78, 5) is 21.7. The number of rotatable bonds is 8. The van der Waals surface area contributed by atoms with Crippen LogP contribution in [0.4, 0.5) is 5.69 Å². The van der Waals surface area contributed by atoms with E-state index in [4.69, 9.17) is 14.6 Å². The number of benzene rings is 1. The quantitative estimate of drug-likeness (QED) is 0.558. The maximum Gasteiger partial charge on any atom is 0.328 e. The molecule has 0 radical (unpaired) electrons. The molecule has 0 unspecified atom stereocenters. The second-order valence-corrected chi connectivity index (χ2v) is 3.73. The highest BCUT2D eigenvalue weighted by Crippen LogP contribution is 2.17. The van der Waals surface area contributed by atoms with Gasteiger partial charge >= 0.3 is 5.97 Å². The van der Waals surface area contributed by atoms with Crippen LogP contribution in [0.3, 0.4) is 0 Å². The molecule has 0 aromatic heterocycles. The SMILES string of the molecule is CCOCCOc1cccc(NC(=O)/C=C/C(=O)O)c1. The van der Waals surface area contributed by atoms with Crippen LogP contribution < -0.4 is 10.1 Å². The number of anilines is 1. The molecule has 0 spiro atoms. The molecular weight excluding hydrogens is 262 g/mol. The largest absolute Gasteiger partial charge is 0.491 e. The van der Waals surface area contributed by atoms with E-state index in [1.807, 2.05) is 6.92 Å². The zero-order valence-corrected chi connectivity index (χ0v) is 11.2. The molecule has 1 amide bonds. The van der Waals surface area contributed by atoms with Crippen molar-refractivity contribution < 1.29 is 24.2 Å². The Bertz CT molecular complexity index is 484. The third-order valence-electron chi connectivity index (χ3n) is 2.18. The van der Waals surface area contributed by atoms with Gasteiger partial charge in [-0.15, -0.1) is 0 Å². The van der Waals surface area contributed by atoms with Gasteiger partial charge in [0.2, 0.25) is 5.91 Å². The number of hydrogen-bond acceptors (Lipinski definition) is 4. The average Bonchev–Trinajstić information content (AvgIpc) is 2.42. The lowest BCUT2D eigenvalue weighted by atomic mass is 10.3. The first kappa shape index (κ1) is 15.7. The third kappa shape index (κ3) is 6.55. The minimum atomic E-state index is -1.17. The van der Waals surface area contributed by atoms with Crippen molar-refractivity contribution in [3.05, 3.63) is 36.4 Å². The maximum atomic E-state index is 11.4. The molecular formula is C14H17NO5. The summed E-state index contributed by atoms with van der Waals surface area (Å²) < 4.78 is 10.6. The number of ether oxygens (including phenoxy) is 2. The van der Waals surface area contributed by atoms with E-state index in [0.29, 0.717) is 31.3 Å². The van der Waals surface area contributed by atoms with Crippen LogP contribution >= 0.6 is 0 Å². The van der Waals surface area contributed by atoms with Crippen LogP contribution in [-0.4, -0.2) is 36.8 Å². The molecule has 6 nitrogen and oxygen atoms in total. The Labute approximate surface area is 117 Å². The number of amides is 1. The molecule has 0 aliphatic rings. The summed E-state index contributed by atoms with van der Waals surface area (Å²) >= 11 is 0. The number of carboxylic acids is 1. The molecule has 0 heterocycles. The van der Waals surface area contributed by atoms with Gasteiger partial charge in [0, 0.05) is 30.5 Å². The molecule has 0 aliphatic carbocycles. The van der Waals surface area contributed by atoms with Gasteiger partial charge in [-0.2, -0.15) is 0 Å². The Balaban J connectivity index is 2.50. The molecule has 0 saturated carbocycles. The number of carbonyl (C=O) groups is 2. The monoisotopic (exact) mass is 279 g/mol. The molecule has 0 bridgehead atoms. The van der Waals surface area contributed by atoms with Gasteiger partial charge in [-0.1, -0.05) is 6.07 Å². The van der Waals surface area contributed by atoms with Crippen molar-refractivity contribution in [2.24, 2.45) is 0 Å². The Morgan fingerprint density at radius 1 is 1.30 bits per heavy atom. The van der Waals surface area contributed by atoms with Gasteiger partial charge < -0.3 is 19.9 Å². The fourth-order valence-electron chi connectivity index (χ4n) is 1.36. The molecule has 0 saturated heterocycles. The third-order valence-corrected chi connectivity index (χ3v) is 2.18. The highest BCUT2D eigenvalue weighted by Gasteiger charge is 2.01. The van der Waals surface area contributed by atoms with Crippen LogP contribution in [-0.2, 0) is 14.3 Å². The molecule has 0 fully saturated rings. The lowest BCUT2D eigenvalue weighted by Crippen LogP contribution is -2.09. The van der Waals surface area contributed by atoms with E-state index in [2.05, 4.69) is 5.32 Å². The molecule has 6 heteroatoms. The average molecular weight is 279 g/mol. The second-order valence-electron chi connectivity index (χ2n) is 3.73. The molecule has 1 aromatic carbocycles. The first-order valence-electron chi connectivity index (χ1n) is 6.14. The summed E-state index contributed by atoms with van der Waals surface area (Å²) in [5.74, 6) is -1.09. The van der Waals surface area contributed by atoms with E-state index in [0.717, 1.165) is 12.2 Å². The second kappa shape index (κ2) is 8.71. The van der Waals surface area contributed by atoms with Gasteiger partial charge in [0.25, 0.3) is 0 Å². The topological polar surface area (TPSA) is 84.9 Å². The van der Waals surface area contributed by atoms with Crippen molar-refractivity contribution in [2.45, 2.75) is 6.92 Å². The van der Waals surface area contributed by atoms with Crippen LogP contribution in [0.5, 0.6) is 5.75 Å². The lowest BCUT2D eigenvalue weighted by Gasteiger charge is -2.08. The van der Waals surface area contributed by atoms with Crippen LogP contribution in [0.1, 0.15) is 6.92 Å². The van der Waals surface area contributed by atoms with Gasteiger partial charge in [0.05, 0.1) is 6.61 Å². The first-order valence-corrected chi connectivity index (χ1v) is 6.14. The van der Waals surface area contributed by atoms with E-state index in [-0.39, 0.29) is 0 Å². The van der Waals surface area contributed by atoms with E-state index < -0.39 is 11.9 Å². The van der Waals surface area contributed by atoms with Gasteiger partial charge in [0.15, 0.2) is 0 Å². The summed E-state index contributed by atoms with van der Waals surface area (Å²) in [5.41, 5.74) is 0.527. The van der Waals surface area contributed by atoms with Gasteiger partial charge in [-0.25, -0.2) is 4.79 Å². The Hall–Kier alpha value is -2.34. The molecule has 2 N–H and O–H groups in total. The number of aliphatic carboxylic acids is 1. The van der Waals surface area contributed by atoms with E-state index >= 15 is 0 Å². The number of hydrogen-bond donors (Lipinski definition) is 2. The Kier molecular flexibility index (Phi) is 6.84. The van der Waals surface area contributed by atoms with Crippen molar-refractivity contribution >= 4 is 17.6 Å².